The van der Waals surface area contributed by atoms with Gasteiger partial charge in [0.05, 0.1) is 22.1 Å². The van der Waals surface area contributed by atoms with Gasteiger partial charge in [0.2, 0.25) is 0 Å². The zero-order valence-electron chi connectivity index (χ0n) is 42.0. The molecule has 11 heteroatoms. The molecule has 16 aromatic rings. The van der Waals surface area contributed by atoms with Crippen LogP contribution in [-0.2, 0) is 21.1 Å². The third-order valence-corrected chi connectivity index (χ3v) is 14.4. The summed E-state index contributed by atoms with van der Waals surface area (Å²) in [5.74, 6) is 6.18. The van der Waals surface area contributed by atoms with E-state index < -0.39 is 0 Å². The van der Waals surface area contributed by atoms with Crippen molar-refractivity contribution in [1.29, 1.82) is 0 Å². The maximum atomic E-state index is 6.50. The number of fused-ring (bicyclic) bond motifs is 12. The summed E-state index contributed by atoms with van der Waals surface area (Å²) in [5.41, 5.74) is 8.31. The van der Waals surface area contributed by atoms with Gasteiger partial charge in [-0.2, -0.15) is 12.1 Å². The third-order valence-electron chi connectivity index (χ3n) is 14.4. The molecule has 376 valence electrons. The van der Waals surface area contributed by atoms with Crippen molar-refractivity contribution in [3.05, 3.63) is 267 Å². The third kappa shape index (κ3) is 8.16. The van der Waals surface area contributed by atoms with E-state index in [1.54, 1.807) is 12.4 Å². The zero-order chi connectivity index (χ0) is 51.5. The van der Waals surface area contributed by atoms with Crippen molar-refractivity contribution >= 4 is 87.2 Å². The van der Waals surface area contributed by atoms with Crippen LogP contribution < -0.4 is 9.47 Å². The summed E-state index contributed by atoms with van der Waals surface area (Å²) in [6.45, 7) is 0. The molecule has 8 heterocycles. The SMILES string of the molecule is [Pt+2].[c-]1c(Oc2[c-]c3c(cc2)c2ccccc2n3-c2ccccn2)ccc2c3ccccc3n(-c3ccccn3)c12.c1ccc(-n2c3ccccc3c3ccc(Oc4ccc5c6ccccc6n(-c6ccccn6)c5c4)cc32)nc1. The van der Waals surface area contributed by atoms with Gasteiger partial charge < -0.3 is 18.6 Å². The van der Waals surface area contributed by atoms with Crippen LogP contribution >= 0.6 is 0 Å². The summed E-state index contributed by atoms with van der Waals surface area (Å²) in [6.07, 6.45) is 7.26. The minimum Gasteiger partial charge on any atom is -0.509 e. The van der Waals surface area contributed by atoms with E-state index in [4.69, 9.17) is 9.47 Å². The molecule has 0 fully saturated rings. The smallest absolute Gasteiger partial charge is 0.509 e. The first-order valence-corrected chi connectivity index (χ1v) is 25.7. The first-order valence-electron chi connectivity index (χ1n) is 25.7. The fourth-order valence-electron chi connectivity index (χ4n) is 11.1. The summed E-state index contributed by atoms with van der Waals surface area (Å²) in [6, 6.07) is 85.0. The summed E-state index contributed by atoms with van der Waals surface area (Å²) < 4.78 is 21.5. The molecule has 0 saturated carbocycles. The molecule has 0 aliphatic carbocycles. The van der Waals surface area contributed by atoms with Gasteiger partial charge in [-0.05, 0) is 108 Å². The van der Waals surface area contributed by atoms with Crippen LogP contribution in [0.1, 0.15) is 0 Å². The molecule has 0 aliphatic heterocycles. The zero-order valence-corrected chi connectivity index (χ0v) is 44.2. The monoisotopic (exact) mass is 1200 g/mol. The number of ether oxygens (including phenoxy) is 2. The van der Waals surface area contributed by atoms with Gasteiger partial charge in [-0.3, -0.25) is 9.13 Å². The molecule has 0 radical (unpaired) electrons. The summed E-state index contributed by atoms with van der Waals surface area (Å²) >= 11 is 0. The molecule has 10 nitrogen and oxygen atoms in total. The average Bonchev–Trinajstić information content (AvgIpc) is 4.41. The Balaban J connectivity index is 0.000000141. The Morgan fingerprint density at radius 1 is 0.266 bits per heavy atom. The quantitative estimate of drug-likeness (QED) is 0.141. The van der Waals surface area contributed by atoms with Crippen molar-refractivity contribution < 1.29 is 30.5 Å². The van der Waals surface area contributed by atoms with Crippen LogP contribution in [0.2, 0.25) is 0 Å². The number of para-hydroxylation sites is 4. The fourth-order valence-corrected chi connectivity index (χ4v) is 11.1. The molecular weight excluding hydrogens is 1160 g/mol. The van der Waals surface area contributed by atoms with Crippen molar-refractivity contribution in [2.45, 2.75) is 0 Å². The predicted octanol–water partition coefficient (Wildman–Crippen LogP) is 16.5. The first kappa shape index (κ1) is 47.3. The molecule has 0 bridgehead atoms. The average molecular weight is 1200 g/mol. The molecule has 0 amide bonds. The Morgan fingerprint density at radius 2 is 0.570 bits per heavy atom. The van der Waals surface area contributed by atoms with Crippen LogP contribution in [0.4, 0.5) is 0 Å². The Bertz CT molecular complexity index is 4300. The van der Waals surface area contributed by atoms with Crippen LogP contribution in [0.15, 0.2) is 255 Å². The van der Waals surface area contributed by atoms with E-state index >= 15 is 0 Å². The van der Waals surface area contributed by atoms with Gasteiger partial charge in [-0.25, -0.2) is 19.9 Å². The van der Waals surface area contributed by atoms with E-state index in [-0.39, 0.29) is 21.1 Å². The van der Waals surface area contributed by atoms with Gasteiger partial charge in [0.25, 0.3) is 0 Å². The van der Waals surface area contributed by atoms with Crippen molar-refractivity contribution in [2.24, 2.45) is 0 Å². The van der Waals surface area contributed by atoms with Crippen molar-refractivity contribution in [2.75, 3.05) is 0 Å². The molecule has 79 heavy (non-hydrogen) atoms. The van der Waals surface area contributed by atoms with Gasteiger partial charge in [-0.1, -0.05) is 108 Å². The number of rotatable bonds is 8. The van der Waals surface area contributed by atoms with Crippen molar-refractivity contribution in [3.63, 3.8) is 0 Å². The Hall–Kier alpha value is -10.2. The van der Waals surface area contributed by atoms with E-state index in [2.05, 4.69) is 172 Å². The van der Waals surface area contributed by atoms with Crippen LogP contribution in [0.25, 0.3) is 110 Å². The minimum absolute atomic E-state index is 0. The van der Waals surface area contributed by atoms with Crippen molar-refractivity contribution in [1.82, 2.24) is 38.2 Å². The molecular formula is C68H42N8O2Pt. The number of nitrogens with zero attached hydrogens (tertiary/aromatic N) is 8. The summed E-state index contributed by atoms with van der Waals surface area (Å²) in [5, 5.41) is 9.18. The van der Waals surface area contributed by atoms with E-state index in [1.807, 2.05) is 122 Å². The minimum atomic E-state index is 0. The van der Waals surface area contributed by atoms with Gasteiger partial charge in [0.15, 0.2) is 0 Å². The maximum absolute atomic E-state index is 6.50. The van der Waals surface area contributed by atoms with Gasteiger partial charge in [-0.15, -0.1) is 35.0 Å². The largest absolute Gasteiger partial charge is 2.00 e. The second-order valence-corrected chi connectivity index (χ2v) is 18.9. The number of hydrogen-bond donors (Lipinski definition) is 0. The normalized spacial score (nSPS) is 11.4. The van der Waals surface area contributed by atoms with E-state index in [0.29, 0.717) is 11.5 Å². The molecule has 8 aromatic carbocycles. The van der Waals surface area contributed by atoms with Crippen molar-refractivity contribution in [3.8, 4) is 46.3 Å². The Morgan fingerprint density at radius 3 is 0.937 bits per heavy atom. The standard InChI is InChI=1S/C34H22N4O.C34H20N4O.Pt/c2*1-3-11-29-25(9-1)27-17-15-23(21-31(27)37(29)33-13-5-7-19-35-33)39-24-16-18-28-26-10-2-4-12-30(26)38(32(28)22-24)34-14-6-8-20-36-34;/h1-22H;1-20H;/q;-2;+2. The molecule has 8 aromatic heterocycles. The van der Waals surface area contributed by atoms with Gasteiger partial charge >= 0.3 is 21.1 Å². The topological polar surface area (TPSA) is 89.7 Å². The molecule has 0 saturated heterocycles. The number of hydrogen-bond acceptors (Lipinski definition) is 6. The number of aromatic nitrogens is 8. The van der Waals surface area contributed by atoms with Crippen LogP contribution in [-0.4, -0.2) is 38.2 Å². The first-order chi connectivity index (χ1) is 38.7. The molecule has 0 spiro atoms. The van der Waals surface area contributed by atoms with E-state index in [9.17, 15) is 0 Å². The molecule has 16 rings (SSSR count). The Kier molecular flexibility index (Phi) is 11.8. The maximum Gasteiger partial charge on any atom is 2.00 e. The van der Waals surface area contributed by atoms with Crippen LogP contribution in [0.3, 0.4) is 0 Å². The molecule has 0 atom stereocenters. The second-order valence-electron chi connectivity index (χ2n) is 18.9. The summed E-state index contributed by atoms with van der Waals surface area (Å²) in [4.78, 5) is 18.5. The number of benzene rings is 8. The second kappa shape index (κ2) is 19.8. The fraction of sp³-hybridized carbons (Fsp3) is 0. The van der Waals surface area contributed by atoms with E-state index in [1.165, 1.54) is 10.8 Å². The van der Waals surface area contributed by atoms with Crippen LogP contribution in [0, 0.1) is 12.1 Å². The summed E-state index contributed by atoms with van der Waals surface area (Å²) in [7, 11) is 0. The predicted molar refractivity (Wildman–Crippen MR) is 312 cm³/mol. The van der Waals surface area contributed by atoms with Crippen LogP contribution in [0.5, 0.6) is 23.0 Å². The van der Waals surface area contributed by atoms with Gasteiger partial charge in [0.1, 0.15) is 34.8 Å². The van der Waals surface area contributed by atoms with Gasteiger partial charge in [0, 0.05) is 81.0 Å². The number of pyridine rings is 4. The Labute approximate surface area is 466 Å². The molecule has 0 N–H and O–H groups in total. The van der Waals surface area contributed by atoms with E-state index in [0.717, 1.165) is 111 Å². The molecule has 0 aliphatic rings. The molecule has 0 unspecified atom stereocenters.